The Morgan fingerprint density at radius 1 is 0.833 bits per heavy atom. The first kappa shape index (κ1) is 21.9. The fraction of sp³-hybridized carbons (Fsp3) is 0.500. The molecule has 134 valence electrons. The van der Waals surface area contributed by atoms with E-state index >= 15 is 0 Å². The average Bonchev–Trinajstić information content (AvgIpc) is 2.43. The van der Waals surface area contributed by atoms with Gasteiger partial charge in [0.05, 0.1) is 12.5 Å². The van der Waals surface area contributed by atoms with Crippen molar-refractivity contribution in [2.24, 2.45) is 0 Å². The molecule has 0 saturated carbocycles. The predicted molar refractivity (Wildman–Crippen MR) is 79.0 cm³/mol. The second-order valence-corrected chi connectivity index (χ2v) is 7.27. The summed E-state index contributed by atoms with van der Waals surface area (Å²) in [5.41, 5.74) is 0. The largest absolute Gasteiger partial charge is 0.450 e. The highest BCUT2D eigenvalue weighted by molar-refractivity contribution is 7.86. The third-order valence-corrected chi connectivity index (χ3v) is 3.01. The van der Waals surface area contributed by atoms with Crippen molar-refractivity contribution in [2.75, 3.05) is 25.7 Å². The molecule has 0 aromatic rings. The van der Waals surface area contributed by atoms with Gasteiger partial charge in [-0.1, -0.05) is 11.8 Å². The second kappa shape index (κ2) is 9.24. The number of rotatable bonds is 9. The van der Waals surface area contributed by atoms with Gasteiger partial charge >= 0.3 is 11.9 Å². The van der Waals surface area contributed by atoms with Crippen LogP contribution in [0.3, 0.4) is 0 Å². The van der Waals surface area contributed by atoms with Crippen LogP contribution in [-0.2, 0) is 47.7 Å². The van der Waals surface area contributed by atoms with Crippen molar-refractivity contribution in [3.05, 3.63) is 0 Å². The molecular formula is C12H14O10S2. The molecule has 0 bridgehead atoms. The van der Waals surface area contributed by atoms with Gasteiger partial charge in [0.2, 0.25) is 12.2 Å². The topological polar surface area (TPSA) is 139 Å². The number of ether oxygens (including phenoxy) is 2. The van der Waals surface area contributed by atoms with Crippen LogP contribution in [0, 0.1) is 24.7 Å². The molecule has 0 aliphatic rings. The van der Waals surface area contributed by atoms with Crippen molar-refractivity contribution in [1.29, 1.82) is 0 Å². The van der Waals surface area contributed by atoms with E-state index in [9.17, 15) is 26.4 Å². The van der Waals surface area contributed by atoms with E-state index in [-0.39, 0.29) is 0 Å². The molecule has 0 aliphatic heterocycles. The fourth-order valence-electron chi connectivity index (χ4n) is 1.19. The van der Waals surface area contributed by atoms with Crippen LogP contribution >= 0.6 is 0 Å². The third kappa shape index (κ3) is 9.12. The first-order chi connectivity index (χ1) is 10.9. The number of esters is 2. The van der Waals surface area contributed by atoms with Crippen molar-refractivity contribution >= 4 is 32.2 Å². The molecule has 12 heteroatoms. The lowest BCUT2D eigenvalue weighted by molar-refractivity contribution is -0.166. The van der Waals surface area contributed by atoms with Crippen LogP contribution in [0.4, 0.5) is 0 Å². The molecule has 0 fully saturated rings. The van der Waals surface area contributed by atoms with E-state index in [1.54, 1.807) is 0 Å². The number of carbonyl (C=O) groups excluding carboxylic acids is 2. The standard InChI is InChI=1S/C12H14O10S2/c1-5-7-19-11(13)9(21-23(3,15)16)10(22-24(4,17)18)12(14)20-8-6-2/h1-2,9-10H,7-8H2,3-4H3. The molecular weight excluding hydrogens is 368 g/mol. The number of carbonyl (C=O) groups is 2. The molecule has 0 N–H and O–H groups in total. The van der Waals surface area contributed by atoms with E-state index in [2.05, 4.69) is 17.8 Å². The van der Waals surface area contributed by atoms with Crippen molar-refractivity contribution < 1.29 is 44.3 Å². The minimum absolute atomic E-state index is 0.554. The van der Waals surface area contributed by atoms with Crippen molar-refractivity contribution in [2.45, 2.75) is 12.2 Å². The highest BCUT2D eigenvalue weighted by Gasteiger charge is 2.43. The smallest absolute Gasteiger partial charge is 0.341 e. The summed E-state index contributed by atoms with van der Waals surface area (Å²) in [6, 6.07) is 0. The van der Waals surface area contributed by atoms with E-state index in [4.69, 9.17) is 12.8 Å². The molecule has 0 spiro atoms. The predicted octanol–water partition coefficient (Wildman–Crippen LogP) is -1.97. The van der Waals surface area contributed by atoms with Gasteiger partial charge in [0.25, 0.3) is 20.2 Å². The zero-order valence-electron chi connectivity index (χ0n) is 12.6. The van der Waals surface area contributed by atoms with Gasteiger partial charge in [-0.25, -0.2) is 9.59 Å². The zero-order valence-corrected chi connectivity index (χ0v) is 14.3. The summed E-state index contributed by atoms with van der Waals surface area (Å²) in [5, 5.41) is 0. The Kier molecular flexibility index (Phi) is 8.43. The molecule has 0 radical (unpaired) electrons. The summed E-state index contributed by atoms with van der Waals surface area (Å²) >= 11 is 0. The van der Waals surface area contributed by atoms with Crippen LogP contribution < -0.4 is 0 Å². The highest BCUT2D eigenvalue weighted by Crippen LogP contribution is 2.14. The first-order valence-corrected chi connectivity index (χ1v) is 9.51. The molecule has 2 unspecified atom stereocenters. The van der Waals surface area contributed by atoms with Gasteiger partial charge in [0, 0.05) is 0 Å². The quantitative estimate of drug-likeness (QED) is 0.250. The Morgan fingerprint density at radius 3 is 1.33 bits per heavy atom. The van der Waals surface area contributed by atoms with Crippen LogP contribution in [0.15, 0.2) is 0 Å². The molecule has 10 nitrogen and oxygen atoms in total. The Labute approximate surface area is 139 Å². The first-order valence-electron chi connectivity index (χ1n) is 5.88. The zero-order chi connectivity index (χ0) is 19.0. The molecule has 0 saturated heterocycles. The van der Waals surface area contributed by atoms with Gasteiger partial charge in [0.15, 0.2) is 13.2 Å². The van der Waals surface area contributed by atoms with Crippen LogP contribution in [0.25, 0.3) is 0 Å². The van der Waals surface area contributed by atoms with Gasteiger partial charge < -0.3 is 9.47 Å². The Bertz CT molecular complexity index is 685. The van der Waals surface area contributed by atoms with Crippen LogP contribution in [0.2, 0.25) is 0 Å². The summed E-state index contributed by atoms with van der Waals surface area (Å²) in [6.45, 7) is -1.18. The SMILES string of the molecule is C#CCOC(=O)C(OS(C)(=O)=O)C(OS(C)(=O)=O)C(=O)OCC#C. The van der Waals surface area contributed by atoms with E-state index in [0.717, 1.165) is 0 Å². The minimum atomic E-state index is -4.32. The minimum Gasteiger partial charge on any atom is -0.450 e. The molecule has 2 atom stereocenters. The summed E-state index contributed by atoms with van der Waals surface area (Å²) in [4.78, 5) is 23.7. The Morgan fingerprint density at radius 2 is 1.12 bits per heavy atom. The van der Waals surface area contributed by atoms with Gasteiger partial charge in [-0.2, -0.15) is 16.8 Å². The average molecular weight is 382 g/mol. The van der Waals surface area contributed by atoms with Gasteiger partial charge in [-0.05, 0) is 0 Å². The third-order valence-electron chi connectivity index (χ3n) is 1.89. The monoisotopic (exact) mass is 382 g/mol. The summed E-state index contributed by atoms with van der Waals surface area (Å²) in [5.74, 6) is 0.926. The maximum Gasteiger partial charge on any atom is 0.341 e. The lowest BCUT2D eigenvalue weighted by Crippen LogP contribution is -2.47. The molecule has 0 aromatic heterocycles. The molecule has 24 heavy (non-hydrogen) atoms. The number of hydrogen-bond acceptors (Lipinski definition) is 10. The van der Waals surface area contributed by atoms with E-state index in [1.165, 1.54) is 0 Å². The van der Waals surface area contributed by atoms with Gasteiger partial charge in [0.1, 0.15) is 0 Å². The maximum absolute atomic E-state index is 11.9. The lowest BCUT2D eigenvalue weighted by atomic mass is 10.2. The Balaban J connectivity index is 5.76. The summed E-state index contributed by atoms with van der Waals surface area (Å²) in [6.07, 6.45) is 6.25. The second-order valence-electron chi connectivity index (χ2n) is 4.07. The van der Waals surface area contributed by atoms with E-state index in [0.29, 0.717) is 12.5 Å². The molecule has 0 aliphatic carbocycles. The fourth-order valence-corrected chi connectivity index (χ4v) is 2.31. The van der Waals surface area contributed by atoms with E-state index in [1.807, 2.05) is 11.8 Å². The number of hydrogen-bond donors (Lipinski definition) is 0. The lowest BCUT2D eigenvalue weighted by Gasteiger charge is -2.22. The Hall–Kier alpha value is -2.12. The van der Waals surface area contributed by atoms with Crippen LogP contribution in [-0.4, -0.2) is 66.7 Å². The highest BCUT2D eigenvalue weighted by atomic mass is 32.2. The van der Waals surface area contributed by atoms with Crippen LogP contribution in [0.1, 0.15) is 0 Å². The molecule has 0 amide bonds. The van der Waals surface area contributed by atoms with E-state index < -0.39 is 57.6 Å². The van der Waals surface area contributed by atoms with Crippen molar-refractivity contribution in [1.82, 2.24) is 0 Å². The summed E-state index contributed by atoms with van der Waals surface area (Å²) < 4.78 is 62.8. The molecule has 0 heterocycles. The normalized spacial score (nSPS) is 13.8. The van der Waals surface area contributed by atoms with Gasteiger partial charge in [-0.15, -0.1) is 12.8 Å². The van der Waals surface area contributed by atoms with Crippen LogP contribution in [0.5, 0.6) is 0 Å². The van der Waals surface area contributed by atoms with Crippen molar-refractivity contribution in [3.63, 3.8) is 0 Å². The maximum atomic E-state index is 11.9. The van der Waals surface area contributed by atoms with Gasteiger partial charge in [-0.3, -0.25) is 8.37 Å². The van der Waals surface area contributed by atoms with Crippen molar-refractivity contribution in [3.8, 4) is 24.7 Å². The molecule has 0 aromatic carbocycles. The molecule has 0 rings (SSSR count). The number of terminal acetylenes is 2. The summed E-state index contributed by atoms with van der Waals surface area (Å²) in [7, 11) is -8.65.